The number of anilines is 1. The fourth-order valence-corrected chi connectivity index (χ4v) is 1.46. The molecule has 1 heterocycles. The van der Waals surface area contributed by atoms with Gasteiger partial charge in [0, 0.05) is 11.6 Å². The van der Waals surface area contributed by atoms with Crippen LogP contribution in [0.5, 0.6) is 0 Å². The van der Waals surface area contributed by atoms with Crippen LogP contribution in [0.15, 0.2) is 36.4 Å². The van der Waals surface area contributed by atoms with Gasteiger partial charge in [-0.2, -0.15) is 5.10 Å². The summed E-state index contributed by atoms with van der Waals surface area (Å²) >= 11 is 0. The van der Waals surface area contributed by atoms with Gasteiger partial charge in [-0.15, -0.1) is 0 Å². The van der Waals surface area contributed by atoms with Gasteiger partial charge in [-0.1, -0.05) is 30.3 Å². The Labute approximate surface area is 88.0 Å². The monoisotopic (exact) mass is 203 g/mol. The molecule has 0 aliphatic heterocycles. The zero-order chi connectivity index (χ0) is 10.7. The molecule has 0 atom stereocenters. The number of benzene rings is 1. The smallest absolute Gasteiger partial charge is 0.122 e. The lowest BCUT2D eigenvalue weighted by Crippen LogP contribution is -2.07. The molecule has 1 aromatic carbocycles. The van der Waals surface area contributed by atoms with Gasteiger partial charge in [-0.05, 0) is 0 Å². The van der Waals surface area contributed by atoms with Crippen molar-refractivity contribution >= 4 is 5.82 Å². The standard InChI is InChI=1S/C11H13N3O/c12-11-8-10(13-14(11)6-7-15)9-4-2-1-3-5-9/h1-5,8,15H,6-7,12H2. The first-order valence-electron chi connectivity index (χ1n) is 4.81. The van der Waals surface area contributed by atoms with Gasteiger partial charge in [0.25, 0.3) is 0 Å². The fraction of sp³-hybridized carbons (Fsp3) is 0.182. The van der Waals surface area contributed by atoms with Crippen molar-refractivity contribution in [1.82, 2.24) is 9.78 Å². The molecule has 0 aliphatic carbocycles. The van der Waals surface area contributed by atoms with E-state index in [0.717, 1.165) is 11.3 Å². The highest BCUT2D eigenvalue weighted by Gasteiger charge is 2.05. The quantitative estimate of drug-likeness (QED) is 0.785. The van der Waals surface area contributed by atoms with E-state index in [2.05, 4.69) is 5.10 Å². The predicted molar refractivity (Wildman–Crippen MR) is 59.2 cm³/mol. The highest BCUT2D eigenvalue weighted by molar-refractivity contribution is 5.61. The molecule has 3 N–H and O–H groups in total. The van der Waals surface area contributed by atoms with E-state index < -0.39 is 0 Å². The highest BCUT2D eigenvalue weighted by atomic mass is 16.3. The van der Waals surface area contributed by atoms with Crippen LogP contribution in [0.25, 0.3) is 11.3 Å². The molecule has 0 fully saturated rings. The van der Waals surface area contributed by atoms with Gasteiger partial charge >= 0.3 is 0 Å². The Morgan fingerprint density at radius 2 is 2.00 bits per heavy atom. The summed E-state index contributed by atoms with van der Waals surface area (Å²) in [6.45, 7) is 0.471. The molecule has 15 heavy (non-hydrogen) atoms. The summed E-state index contributed by atoms with van der Waals surface area (Å²) in [4.78, 5) is 0. The summed E-state index contributed by atoms with van der Waals surface area (Å²) in [5, 5.41) is 13.1. The minimum Gasteiger partial charge on any atom is -0.394 e. The summed E-state index contributed by atoms with van der Waals surface area (Å²) in [6.07, 6.45) is 0. The van der Waals surface area contributed by atoms with Gasteiger partial charge in [-0.25, -0.2) is 4.68 Å². The number of nitrogens with two attached hydrogens (primary N) is 1. The van der Waals surface area contributed by atoms with Crippen molar-refractivity contribution in [1.29, 1.82) is 0 Å². The minimum absolute atomic E-state index is 0.0418. The summed E-state index contributed by atoms with van der Waals surface area (Å²) in [7, 11) is 0. The first-order valence-corrected chi connectivity index (χ1v) is 4.81. The number of hydrogen-bond donors (Lipinski definition) is 2. The SMILES string of the molecule is Nc1cc(-c2ccccc2)nn1CCO. The zero-order valence-electron chi connectivity index (χ0n) is 8.30. The van der Waals surface area contributed by atoms with Gasteiger partial charge in [-0.3, -0.25) is 0 Å². The Morgan fingerprint density at radius 1 is 1.27 bits per heavy atom. The molecule has 0 spiro atoms. The summed E-state index contributed by atoms with van der Waals surface area (Å²) in [5.41, 5.74) is 7.62. The minimum atomic E-state index is 0.0418. The van der Waals surface area contributed by atoms with Gasteiger partial charge in [0.15, 0.2) is 0 Å². The van der Waals surface area contributed by atoms with E-state index in [-0.39, 0.29) is 6.61 Å². The first kappa shape index (κ1) is 9.73. The van der Waals surface area contributed by atoms with Crippen LogP contribution in [-0.4, -0.2) is 21.5 Å². The molecule has 0 bridgehead atoms. The van der Waals surface area contributed by atoms with Crippen LogP contribution in [0.4, 0.5) is 5.82 Å². The Bertz CT molecular complexity index is 436. The topological polar surface area (TPSA) is 64.1 Å². The van der Waals surface area contributed by atoms with Crippen molar-refractivity contribution in [2.75, 3.05) is 12.3 Å². The average Bonchev–Trinajstić information content (AvgIpc) is 2.63. The predicted octanol–water partition coefficient (Wildman–Crippen LogP) is 1.12. The Balaban J connectivity index is 2.34. The van der Waals surface area contributed by atoms with Crippen LogP contribution in [-0.2, 0) is 6.54 Å². The molecular weight excluding hydrogens is 190 g/mol. The van der Waals surface area contributed by atoms with Gasteiger partial charge in [0.1, 0.15) is 5.82 Å². The van der Waals surface area contributed by atoms with Crippen LogP contribution < -0.4 is 5.73 Å². The second-order valence-electron chi connectivity index (χ2n) is 3.27. The van der Waals surface area contributed by atoms with Crippen molar-refractivity contribution < 1.29 is 5.11 Å². The zero-order valence-corrected chi connectivity index (χ0v) is 8.30. The molecular formula is C11H13N3O. The Kier molecular flexibility index (Phi) is 2.69. The van der Waals surface area contributed by atoms with Crippen molar-refractivity contribution in [2.24, 2.45) is 0 Å². The maximum Gasteiger partial charge on any atom is 0.122 e. The normalized spacial score (nSPS) is 10.5. The van der Waals surface area contributed by atoms with Gasteiger partial charge < -0.3 is 10.8 Å². The second-order valence-corrected chi connectivity index (χ2v) is 3.27. The van der Waals surface area contributed by atoms with Crippen LogP contribution in [0, 0.1) is 0 Å². The fourth-order valence-electron chi connectivity index (χ4n) is 1.46. The summed E-state index contributed by atoms with van der Waals surface area (Å²) in [6, 6.07) is 11.6. The van der Waals surface area contributed by atoms with E-state index in [9.17, 15) is 0 Å². The van der Waals surface area contributed by atoms with Crippen LogP contribution in [0.1, 0.15) is 0 Å². The maximum atomic E-state index is 8.81. The lowest BCUT2D eigenvalue weighted by Gasteiger charge is -1.99. The maximum absolute atomic E-state index is 8.81. The molecule has 4 nitrogen and oxygen atoms in total. The third-order valence-electron chi connectivity index (χ3n) is 2.19. The molecule has 0 saturated carbocycles. The highest BCUT2D eigenvalue weighted by Crippen LogP contribution is 2.19. The van der Waals surface area contributed by atoms with Gasteiger partial charge in [0.2, 0.25) is 0 Å². The Morgan fingerprint density at radius 3 is 2.67 bits per heavy atom. The number of rotatable bonds is 3. The Hall–Kier alpha value is -1.81. The van der Waals surface area contributed by atoms with E-state index in [0.29, 0.717) is 12.4 Å². The van der Waals surface area contributed by atoms with Crippen LogP contribution in [0.3, 0.4) is 0 Å². The molecule has 4 heteroatoms. The van der Waals surface area contributed by atoms with Crippen molar-refractivity contribution in [3.63, 3.8) is 0 Å². The number of nitrogens with zero attached hydrogens (tertiary/aromatic N) is 2. The molecule has 2 aromatic rings. The van der Waals surface area contributed by atoms with E-state index in [1.165, 1.54) is 0 Å². The molecule has 2 rings (SSSR count). The van der Waals surface area contributed by atoms with Crippen LogP contribution >= 0.6 is 0 Å². The van der Waals surface area contributed by atoms with E-state index in [1.807, 2.05) is 36.4 Å². The summed E-state index contributed by atoms with van der Waals surface area (Å²) in [5.74, 6) is 0.572. The first-order chi connectivity index (χ1) is 7.31. The molecule has 0 amide bonds. The van der Waals surface area contributed by atoms with Crippen molar-refractivity contribution in [3.05, 3.63) is 36.4 Å². The number of nitrogen functional groups attached to an aromatic ring is 1. The number of aliphatic hydroxyl groups is 1. The lowest BCUT2D eigenvalue weighted by molar-refractivity contribution is 0.270. The van der Waals surface area contributed by atoms with E-state index in [1.54, 1.807) is 4.68 Å². The molecule has 1 aromatic heterocycles. The lowest BCUT2D eigenvalue weighted by atomic mass is 10.2. The number of aliphatic hydroxyl groups excluding tert-OH is 1. The number of hydrogen-bond acceptors (Lipinski definition) is 3. The van der Waals surface area contributed by atoms with Crippen molar-refractivity contribution in [3.8, 4) is 11.3 Å². The third kappa shape index (κ3) is 1.99. The van der Waals surface area contributed by atoms with Gasteiger partial charge in [0.05, 0.1) is 18.8 Å². The molecule has 0 aliphatic rings. The third-order valence-corrected chi connectivity index (χ3v) is 2.19. The van der Waals surface area contributed by atoms with E-state index in [4.69, 9.17) is 10.8 Å². The van der Waals surface area contributed by atoms with Crippen molar-refractivity contribution in [2.45, 2.75) is 6.54 Å². The second kappa shape index (κ2) is 4.14. The molecule has 0 radical (unpaired) electrons. The summed E-state index contributed by atoms with van der Waals surface area (Å²) < 4.78 is 1.60. The number of aromatic nitrogens is 2. The largest absolute Gasteiger partial charge is 0.394 e. The molecule has 78 valence electrons. The average molecular weight is 203 g/mol. The van der Waals surface area contributed by atoms with E-state index >= 15 is 0 Å². The van der Waals surface area contributed by atoms with Crippen LogP contribution in [0.2, 0.25) is 0 Å². The molecule has 0 saturated heterocycles. The molecule has 0 unspecified atom stereocenters.